The van der Waals surface area contributed by atoms with Crippen molar-refractivity contribution in [1.82, 2.24) is 14.5 Å². The molecule has 0 saturated heterocycles. The van der Waals surface area contributed by atoms with Crippen molar-refractivity contribution in [3.63, 3.8) is 0 Å². The summed E-state index contributed by atoms with van der Waals surface area (Å²) in [5.41, 5.74) is -2.86. The average Bonchev–Trinajstić information content (AvgIpc) is 2.69. The van der Waals surface area contributed by atoms with Crippen molar-refractivity contribution < 1.29 is 27.5 Å². The first kappa shape index (κ1) is 24.2. The smallest absolute Gasteiger partial charge is 0.408 e. The molecule has 2 aromatic carbocycles. The van der Waals surface area contributed by atoms with Crippen LogP contribution in [0, 0.1) is 11.6 Å². The molecule has 1 N–H and O–H groups in total. The molecule has 1 heterocycles. The molecule has 1 aromatic heterocycles. The maximum Gasteiger partial charge on any atom is 0.408 e. The number of aromatic nitrogens is 2. The second-order valence-electron chi connectivity index (χ2n) is 8.53. The van der Waals surface area contributed by atoms with E-state index in [4.69, 9.17) is 0 Å². The van der Waals surface area contributed by atoms with Crippen molar-refractivity contribution in [1.29, 1.82) is 0 Å². The summed E-state index contributed by atoms with van der Waals surface area (Å²) in [5, 5.41) is 9.50. The Hall–Kier alpha value is -3.43. The minimum Gasteiger partial charge on any atom is -0.465 e. The zero-order valence-electron chi connectivity index (χ0n) is 18.4. The highest BCUT2D eigenvalue weighted by Gasteiger charge is 2.36. The van der Waals surface area contributed by atoms with Gasteiger partial charge in [-0.2, -0.15) is 0 Å². The minimum absolute atomic E-state index is 0.0707. The number of benzene rings is 2. The standard InChI is InChI=1S/C23H23F4N3O3/c1-5-17(30(22(32)33)23(2,3)4)20-28-16-8-6-7-15(19(26)27)18(16)21(31)29(20)14-10-12(24)9-13(25)11-14/h6-11,17,19H,5H2,1-4H3,(H,32,33). The van der Waals surface area contributed by atoms with E-state index in [0.717, 1.165) is 27.7 Å². The van der Waals surface area contributed by atoms with Crippen LogP contribution >= 0.6 is 0 Å². The zero-order valence-corrected chi connectivity index (χ0v) is 18.4. The van der Waals surface area contributed by atoms with Gasteiger partial charge >= 0.3 is 6.09 Å². The van der Waals surface area contributed by atoms with Crippen molar-refractivity contribution in [3.05, 3.63) is 69.8 Å². The molecule has 3 rings (SSSR count). The number of fused-ring (bicyclic) bond motifs is 1. The fourth-order valence-corrected chi connectivity index (χ4v) is 3.96. The van der Waals surface area contributed by atoms with Crippen LogP contribution in [0.1, 0.15) is 58.0 Å². The van der Waals surface area contributed by atoms with Gasteiger partial charge < -0.3 is 5.11 Å². The van der Waals surface area contributed by atoms with Crippen LogP contribution in [0.4, 0.5) is 22.4 Å². The highest BCUT2D eigenvalue weighted by molar-refractivity contribution is 5.82. The molecule has 1 amide bonds. The lowest BCUT2D eigenvalue weighted by Gasteiger charge is -2.39. The van der Waals surface area contributed by atoms with Crippen molar-refractivity contribution in [2.45, 2.75) is 52.1 Å². The van der Waals surface area contributed by atoms with Crippen LogP contribution in [-0.2, 0) is 0 Å². The Morgan fingerprint density at radius 3 is 2.24 bits per heavy atom. The number of nitrogens with zero attached hydrogens (tertiary/aromatic N) is 3. The second-order valence-corrected chi connectivity index (χ2v) is 8.53. The number of rotatable bonds is 5. The van der Waals surface area contributed by atoms with E-state index in [9.17, 15) is 32.3 Å². The Bertz CT molecular complexity index is 1250. The van der Waals surface area contributed by atoms with E-state index < -0.39 is 52.2 Å². The molecule has 0 aliphatic heterocycles. The van der Waals surface area contributed by atoms with E-state index >= 15 is 0 Å². The van der Waals surface area contributed by atoms with Gasteiger partial charge in [0.05, 0.1) is 22.6 Å². The number of hydrogen-bond donors (Lipinski definition) is 1. The van der Waals surface area contributed by atoms with Gasteiger partial charge in [0, 0.05) is 17.2 Å². The molecule has 0 aliphatic rings. The molecule has 0 aliphatic carbocycles. The van der Waals surface area contributed by atoms with Crippen LogP contribution in [0.3, 0.4) is 0 Å². The molecule has 0 fully saturated rings. The number of carbonyl (C=O) groups is 1. The molecule has 1 unspecified atom stereocenters. The van der Waals surface area contributed by atoms with Gasteiger partial charge in [0.1, 0.15) is 17.5 Å². The number of amides is 1. The number of alkyl halides is 2. The number of hydrogen-bond acceptors (Lipinski definition) is 3. The summed E-state index contributed by atoms with van der Waals surface area (Å²) in [6.07, 6.45) is -4.16. The normalized spacial score (nSPS) is 12.9. The molecule has 0 bridgehead atoms. The Kier molecular flexibility index (Phi) is 6.49. The van der Waals surface area contributed by atoms with Crippen LogP contribution in [0.2, 0.25) is 0 Å². The minimum atomic E-state index is -3.00. The quantitative estimate of drug-likeness (QED) is 0.481. The molecule has 176 valence electrons. The second kappa shape index (κ2) is 8.84. The summed E-state index contributed by atoms with van der Waals surface area (Å²) in [5.74, 6) is -2.13. The Labute approximate surface area is 187 Å². The molecule has 0 radical (unpaired) electrons. The molecule has 6 nitrogen and oxygen atoms in total. The van der Waals surface area contributed by atoms with Crippen LogP contribution in [0.15, 0.2) is 41.2 Å². The van der Waals surface area contributed by atoms with Gasteiger partial charge in [-0.3, -0.25) is 14.3 Å². The van der Waals surface area contributed by atoms with Gasteiger partial charge in [0.2, 0.25) is 0 Å². The summed E-state index contributed by atoms with van der Waals surface area (Å²) in [7, 11) is 0. The third kappa shape index (κ3) is 4.55. The van der Waals surface area contributed by atoms with Gasteiger partial charge in [-0.1, -0.05) is 19.1 Å². The lowest BCUT2D eigenvalue weighted by Crippen LogP contribution is -2.48. The summed E-state index contributed by atoms with van der Waals surface area (Å²) in [6, 6.07) is 5.04. The fraction of sp³-hybridized carbons (Fsp3) is 0.348. The summed E-state index contributed by atoms with van der Waals surface area (Å²) >= 11 is 0. The Morgan fingerprint density at radius 1 is 1.15 bits per heavy atom. The third-order valence-corrected chi connectivity index (χ3v) is 5.22. The topological polar surface area (TPSA) is 75.4 Å². The molecule has 1 atom stereocenters. The Balaban J connectivity index is 2.51. The third-order valence-electron chi connectivity index (χ3n) is 5.22. The van der Waals surface area contributed by atoms with Gasteiger partial charge in [-0.05, 0) is 45.4 Å². The van der Waals surface area contributed by atoms with E-state index in [1.54, 1.807) is 27.7 Å². The van der Waals surface area contributed by atoms with E-state index in [1.807, 2.05) is 0 Å². The van der Waals surface area contributed by atoms with E-state index in [2.05, 4.69) is 4.98 Å². The summed E-state index contributed by atoms with van der Waals surface area (Å²) in [4.78, 5) is 31.2. The molecule has 0 spiro atoms. The maximum absolute atomic E-state index is 14.1. The predicted octanol–water partition coefficient (Wildman–Crippen LogP) is 5.83. The van der Waals surface area contributed by atoms with Crippen molar-refractivity contribution in [2.24, 2.45) is 0 Å². The van der Waals surface area contributed by atoms with Crippen molar-refractivity contribution in [3.8, 4) is 5.69 Å². The first-order valence-electron chi connectivity index (χ1n) is 10.2. The first-order chi connectivity index (χ1) is 15.4. The van der Waals surface area contributed by atoms with E-state index in [-0.39, 0.29) is 23.4 Å². The van der Waals surface area contributed by atoms with E-state index in [1.165, 1.54) is 12.1 Å². The molecular weight excluding hydrogens is 442 g/mol. The fourth-order valence-electron chi connectivity index (χ4n) is 3.96. The predicted molar refractivity (Wildman–Crippen MR) is 115 cm³/mol. The monoisotopic (exact) mass is 465 g/mol. The number of carboxylic acid groups (broad SMARTS) is 1. The highest BCUT2D eigenvalue weighted by atomic mass is 19.3. The lowest BCUT2D eigenvalue weighted by molar-refractivity contribution is 0.0646. The first-order valence-corrected chi connectivity index (χ1v) is 10.2. The molecule has 10 heteroatoms. The molecule has 33 heavy (non-hydrogen) atoms. The molecule has 3 aromatic rings. The van der Waals surface area contributed by atoms with Crippen LogP contribution in [0.5, 0.6) is 0 Å². The van der Waals surface area contributed by atoms with Crippen molar-refractivity contribution in [2.75, 3.05) is 0 Å². The van der Waals surface area contributed by atoms with Crippen molar-refractivity contribution >= 4 is 17.0 Å². The van der Waals surface area contributed by atoms with Gasteiger partial charge in [0.15, 0.2) is 0 Å². The largest absolute Gasteiger partial charge is 0.465 e. The summed E-state index contributed by atoms with van der Waals surface area (Å²) in [6.45, 7) is 6.59. The van der Waals surface area contributed by atoms with Gasteiger partial charge in [-0.25, -0.2) is 27.3 Å². The van der Waals surface area contributed by atoms with Crippen LogP contribution in [-0.4, -0.2) is 31.2 Å². The van der Waals surface area contributed by atoms with Crippen LogP contribution < -0.4 is 5.56 Å². The molecular formula is C23H23F4N3O3. The SMILES string of the molecule is CCC(c1nc2cccc(C(F)F)c2c(=O)n1-c1cc(F)cc(F)c1)N(C(=O)O)C(C)(C)C. The zero-order chi connectivity index (χ0) is 24.7. The van der Waals surface area contributed by atoms with Gasteiger partial charge in [-0.15, -0.1) is 0 Å². The summed E-state index contributed by atoms with van der Waals surface area (Å²) < 4.78 is 56.3. The highest BCUT2D eigenvalue weighted by Crippen LogP contribution is 2.33. The Morgan fingerprint density at radius 2 is 1.76 bits per heavy atom. The number of halogens is 4. The van der Waals surface area contributed by atoms with Gasteiger partial charge in [0.25, 0.3) is 12.0 Å². The van der Waals surface area contributed by atoms with Crippen LogP contribution in [0.25, 0.3) is 16.6 Å². The molecule has 0 saturated carbocycles. The van der Waals surface area contributed by atoms with E-state index in [0.29, 0.717) is 6.07 Å². The average molecular weight is 465 g/mol. The maximum atomic E-state index is 14.1. The lowest BCUT2D eigenvalue weighted by atomic mass is 10.0.